The minimum atomic E-state index is -0.745. The van der Waals surface area contributed by atoms with Gasteiger partial charge in [-0.25, -0.2) is 0 Å². The highest BCUT2D eigenvalue weighted by Gasteiger charge is 2.56. The van der Waals surface area contributed by atoms with E-state index in [0.29, 0.717) is 0 Å². The van der Waals surface area contributed by atoms with E-state index in [1.807, 2.05) is 27.7 Å². The first kappa shape index (κ1) is 23.4. The number of nitrogens with one attached hydrogen (secondary N) is 1. The van der Waals surface area contributed by atoms with E-state index in [9.17, 15) is 4.79 Å². The largest absolute Gasteiger partial charge is 0.457 e. The molecule has 10 atom stereocenters. The number of carbonyl (C=O) groups is 1. The van der Waals surface area contributed by atoms with E-state index in [4.69, 9.17) is 38.6 Å². The van der Waals surface area contributed by atoms with E-state index in [1.165, 1.54) is 6.92 Å². The maximum atomic E-state index is 11.7. The number of esters is 1. The van der Waals surface area contributed by atoms with Crippen LogP contribution >= 0.6 is 0 Å². The lowest BCUT2D eigenvalue weighted by molar-refractivity contribution is -0.326. The second-order valence-electron chi connectivity index (χ2n) is 9.05. The van der Waals surface area contributed by atoms with Crippen molar-refractivity contribution in [2.45, 2.75) is 110 Å². The van der Waals surface area contributed by atoms with Gasteiger partial charge in [-0.3, -0.25) is 10.2 Å². The molecule has 0 radical (unpaired) electrons. The van der Waals surface area contributed by atoms with E-state index in [2.05, 4.69) is 6.92 Å². The molecule has 1 N–H and O–H groups in total. The molecule has 4 unspecified atom stereocenters. The van der Waals surface area contributed by atoms with Crippen LogP contribution in [0.1, 0.15) is 55.4 Å². The summed E-state index contributed by atoms with van der Waals surface area (Å²) in [7, 11) is 0. The number of carbonyl (C=O) groups excluding carboxylic acids is 1. The average Bonchev–Trinajstić information content (AvgIpc) is 2.95. The van der Waals surface area contributed by atoms with Crippen LogP contribution in [0, 0.1) is 17.2 Å². The van der Waals surface area contributed by atoms with Gasteiger partial charge in [0, 0.05) is 25.7 Å². The molecule has 3 fully saturated rings. The molecule has 3 heterocycles. The minimum Gasteiger partial charge on any atom is -0.457 e. The van der Waals surface area contributed by atoms with E-state index < -0.39 is 48.8 Å². The standard InChI is InChI=1S/C21H35NO8/c1-9-11(3)24-20(18-16(9)29-21(7,8)30-18)28-15-10(2)19(26-13(5)22)25-12(4)17(15)27-14(6)23/h9-12,15-20,22H,1-8H3/t9-,10+,11?,12?,15?,16?,17-,18-,19+,20-/m0/s1. The van der Waals surface area contributed by atoms with Gasteiger partial charge in [-0.2, -0.15) is 0 Å². The van der Waals surface area contributed by atoms with Gasteiger partial charge >= 0.3 is 5.97 Å². The molecule has 0 bridgehead atoms. The smallest absolute Gasteiger partial charge is 0.303 e. The number of rotatable bonds is 4. The zero-order valence-electron chi connectivity index (χ0n) is 19.0. The molecule has 0 saturated carbocycles. The highest BCUT2D eigenvalue weighted by atomic mass is 16.8. The van der Waals surface area contributed by atoms with E-state index in [-0.39, 0.29) is 29.9 Å². The molecule has 9 nitrogen and oxygen atoms in total. The van der Waals surface area contributed by atoms with E-state index in [0.717, 1.165) is 0 Å². The summed E-state index contributed by atoms with van der Waals surface area (Å²) in [6, 6.07) is 0. The first-order valence-electron chi connectivity index (χ1n) is 10.6. The summed E-state index contributed by atoms with van der Waals surface area (Å²) in [6.45, 7) is 14.4. The number of hydrogen-bond donors (Lipinski definition) is 1. The van der Waals surface area contributed by atoms with Crippen molar-refractivity contribution in [2.24, 2.45) is 11.8 Å². The van der Waals surface area contributed by atoms with Crippen LogP contribution in [0.2, 0.25) is 0 Å². The van der Waals surface area contributed by atoms with Gasteiger partial charge in [-0.05, 0) is 27.7 Å². The maximum Gasteiger partial charge on any atom is 0.303 e. The number of fused-ring (bicyclic) bond motifs is 1. The molecule has 0 spiro atoms. The lowest BCUT2D eigenvalue weighted by Crippen LogP contribution is -2.60. The molecule has 3 aliphatic rings. The van der Waals surface area contributed by atoms with Crippen LogP contribution < -0.4 is 0 Å². The highest BCUT2D eigenvalue weighted by molar-refractivity contribution is 5.69. The molecular weight excluding hydrogens is 394 g/mol. The molecule has 0 aromatic rings. The molecule has 3 aliphatic heterocycles. The quantitative estimate of drug-likeness (QED) is 0.413. The Morgan fingerprint density at radius 2 is 1.43 bits per heavy atom. The molecule has 0 aromatic heterocycles. The molecular formula is C21H35NO8. The Morgan fingerprint density at radius 1 is 0.833 bits per heavy atom. The van der Waals surface area contributed by atoms with Crippen molar-refractivity contribution in [3.05, 3.63) is 0 Å². The van der Waals surface area contributed by atoms with Gasteiger partial charge in [0.05, 0.1) is 18.3 Å². The molecule has 0 amide bonds. The summed E-state index contributed by atoms with van der Waals surface area (Å²) < 4.78 is 41.8. The summed E-state index contributed by atoms with van der Waals surface area (Å²) in [6.07, 6.45) is -3.85. The fourth-order valence-electron chi connectivity index (χ4n) is 4.38. The normalized spacial score (nSPS) is 45.5. The highest BCUT2D eigenvalue weighted by Crippen LogP contribution is 2.42. The zero-order chi connectivity index (χ0) is 22.4. The molecule has 3 rings (SSSR count). The van der Waals surface area contributed by atoms with E-state index >= 15 is 0 Å². The Hall–Kier alpha value is -1.26. The topological polar surface area (TPSA) is 106 Å². The van der Waals surface area contributed by atoms with Gasteiger partial charge in [-0.1, -0.05) is 13.8 Å². The molecule has 3 saturated heterocycles. The predicted molar refractivity (Wildman–Crippen MR) is 106 cm³/mol. The number of hydrogen-bond acceptors (Lipinski definition) is 9. The van der Waals surface area contributed by atoms with Crippen molar-refractivity contribution in [1.29, 1.82) is 5.41 Å². The van der Waals surface area contributed by atoms with Crippen molar-refractivity contribution < 1.29 is 38.0 Å². The Labute approximate surface area is 178 Å². The van der Waals surface area contributed by atoms with Crippen LogP contribution in [-0.2, 0) is 38.0 Å². The lowest BCUT2D eigenvalue weighted by atomic mass is 9.90. The average molecular weight is 430 g/mol. The van der Waals surface area contributed by atoms with Crippen LogP contribution in [0.4, 0.5) is 0 Å². The van der Waals surface area contributed by atoms with Crippen molar-refractivity contribution >= 4 is 11.9 Å². The molecule has 172 valence electrons. The van der Waals surface area contributed by atoms with Gasteiger partial charge in [0.2, 0.25) is 6.29 Å². The summed E-state index contributed by atoms with van der Waals surface area (Å²) in [4.78, 5) is 11.7. The summed E-state index contributed by atoms with van der Waals surface area (Å²) in [5, 5.41) is 7.67. The van der Waals surface area contributed by atoms with Crippen molar-refractivity contribution in [3.8, 4) is 0 Å². The van der Waals surface area contributed by atoms with Crippen LogP contribution in [0.15, 0.2) is 0 Å². The van der Waals surface area contributed by atoms with Crippen molar-refractivity contribution in [2.75, 3.05) is 0 Å². The van der Waals surface area contributed by atoms with Gasteiger partial charge in [-0.15, -0.1) is 0 Å². The Balaban J connectivity index is 1.85. The molecule has 30 heavy (non-hydrogen) atoms. The van der Waals surface area contributed by atoms with Gasteiger partial charge < -0.3 is 33.2 Å². The molecule has 9 heteroatoms. The Kier molecular flexibility index (Phi) is 6.79. The first-order valence-corrected chi connectivity index (χ1v) is 10.6. The summed E-state index contributed by atoms with van der Waals surface area (Å²) in [5.41, 5.74) is 0. The van der Waals surface area contributed by atoms with Crippen LogP contribution in [0.5, 0.6) is 0 Å². The molecule has 0 aromatic carbocycles. The lowest BCUT2D eigenvalue weighted by Gasteiger charge is -2.47. The predicted octanol–water partition coefficient (Wildman–Crippen LogP) is 2.60. The fourth-order valence-corrected chi connectivity index (χ4v) is 4.38. The Morgan fingerprint density at radius 3 is 2.03 bits per heavy atom. The van der Waals surface area contributed by atoms with Crippen molar-refractivity contribution in [3.63, 3.8) is 0 Å². The summed E-state index contributed by atoms with van der Waals surface area (Å²) >= 11 is 0. The third-order valence-corrected chi connectivity index (χ3v) is 6.01. The van der Waals surface area contributed by atoms with Gasteiger partial charge in [0.1, 0.15) is 12.2 Å². The van der Waals surface area contributed by atoms with Gasteiger partial charge in [0.15, 0.2) is 24.1 Å². The molecule has 0 aliphatic carbocycles. The fraction of sp³-hybridized carbons (Fsp3) is 0.905. The van der Waals surface area contributed by atoms with Crippen molar-refractivity contribution in [1.82, 2.24) is 0 Å². The zero-order valence-corrected chi connectivity index (χ0v) is 19.0. The van der Waals surface area contributed by atoms with Crippen LogP contribution in [-0.4, -0.2) is 66.9 Å². The summed E-state index contributed by atoms with van der Waals surface area (Å²) in [5.74, 6) is -1.34. The van der Waals surface area contributed by atoms with Crippen LogP contribution in [0.25, 0.3) is 0 Å². The SMILES string of the molecule is CC(=N)O[C@H]1OC(C)[C@H](OC(C)=O)C(O[C@@H]2OC(C)[C@H](C)C3OC(C)(C)O[C@@H]32)[C@H]1C. The monoisotopic (exact) mass is 429 g/mol. The number of ether oxygens (including phenoxy) is 7. The second kappa shape index (κ2) is 8.70. The van der Waals surface area contributed by atoms with Gasteiger partial charge in [0.25, 0.3) is 0 Å². The van der Waals surface area contributed by atoms with Crippen LogP contribution in [0.3, 0.4) is 0 Å². The third-order valence-electron chi connectivity index (χ3n) is 6.01. The Bertz CT molecular complexity index is 655. The van der Waals surface area contributed by atoms with E-state index in [1.54, 1.807) is 13.8 Å². The second-order valence-corrected chi connectivity index (χ2v) is 9.05. The maximum absolute atomic E-state index is 11.7. The minimum absolute atomic E-state index is 0.0365. The third kappa shape index (κ3) is 4.80. The first-order chi connectivity index (χ1) is 13.9.